The molecule has 12 heteroatoms. The van der Waals surface area contributed by atoms with Crippen molar-refractivity contribution in [2.24, 2.45) is 0 Å². The smallest absolute Gasteiger partial charge is 0.377 e. The van der Waals surface area contributed by atoms with E-state index >= 15 is 0 Å². The number of fused-ring (bicyclic) bond motifs is 2. The fraction of sp³-hybridized carbons (Fsp3) is 0.448. The molecule has 4 aliphatic rings. The zero-order valence-corrected chi connectivity index (χ0v) is 22.1. The highest BCUT2D eigenvalue weighted by Crippen LogP contribution is 2.37. The summed E-state index contributed by atoms with van der Waals surface area (Å²) in [6, 6.07) is 7.06. The Bertz CT molecular complexity index is 1580. The Morgan fingerprint density at radius 3 is 2.63 bits per heavy atom. The highest BCUT2D eigenvalue weighted by atomic mass is 19.4. The second kappa shape index (κ2) is 9.66. The zero-order valence-electron chi connectivity index (χ0n) is 22.1. The maximum atomic E-state index is 13.8. The first-order chi connectivity index (χ1) is 19.7. The minimum Gasteiger partial charge on any atom is -0.377 e. The molecule has 0 saturated carbocycles. The largest absolute Gasteiger partial charge is 0.404 e. The molecule has 4 aliphatic heterocycles. The number of alkyl halides is 3. The second-order valence-electron chi connectivity index (χ2n) is 11.3. The molecule has 3 aromatic rings. The molecule has 7 rings (SSSR count). The van der Waals surface area contributed by atoms with Gasteiger partial charge in [0.2, 0.25) is 11.8 Å². The molecule has 41 heavy (non-hydrogen) atoms. The minimum atomic E-state index is -4.29. The summed E-state index contributed by atoms with van der Waals surface area (Å²) in [5.41, 5.74) is 4.01. The molecule has 3 saturated heterocycles. The van der Waals surface area contributed by atoms with Gasteiger partial charge in [0, 0.05) is 42.2 Å². The maximum absolute atomic E-state index is 13.8. The SMILES string of the molecule is O=C1CCC(N2Cc3cc(-c4cc(CN5CCCC5C(F)(F)F)c5ccn(C6COC6)c5n4)ccc3C2=O)C(=O)N1. The van der Waals surface area contributed by atoms with Crippen LogP contribution in [0.3, 0.4) is 0 Å². The monoisotopic (exact) mass is 567 g/mol. The van der Waals surface area contributed by atoms with Crippen LogP contribution < -0.4 is 5.32 Å². The first kappa shape index (κ1) is 26.1. The first-order valence-corrected chi connectivity index (χ1v) is 13.8. The number of hydrogen-bond acceptors (Lipinski definition) is 6. The van der Waals surface area contributed by atoms with Crippen molar-refractivity contribution < 1.29 is 32.3 Å². The van der Waals surface area contributed by atoms with Gasteiger partial charge in [-0.3, -0.25) is 24.6 Å². The van der Waals surface area contributed by atoms with Crippen LogP contribution in [0, 0.1) is 0 Å². The van der Waals surface area contributed by atoms with Gasteiger partial charge in [-0.1, -0.05) is 6.07 Å². The van der Waals surface area contributed by atoms with Gasteiger partial charge in [-0.05, 0) is 61.2 Å². The summed E-state index contributed by atoms with van der Waals surface area (Å²) >= 11 is 0. The third kappa shape index (κ3) is 4.49. The maximum Gasteiger partial charge on any atom is 0.404 e. The number of rotatable bonds is 5. The summed E-state index contributed by atoms with van der Waals surface area (Å²) in [6.07, 6.45) is -1.34. The van der Waals surface area contributed by atoms with Gasteiger partial charge >= 0.3 is 6.18 Å². The first-order valence-electron chi connectivity index (χ1n) is 13.8. The van der Waals surface area contributed by atoms with Gasteiger partial charge in [-0.15, -0.1) is 0 Å². The number of hydrogen-bond donors (Lipinski definition) is 1. The molecule has 2 atom stereocenters. The third-order valence-corrected chi connectivity index (χ3v) is 8.72. The number of nitrogens with one attached hydrogen (secondary N) is 1. The van der Waals surface area contributed by atoms with Crippen molar-refractivity contribution in [2.45, 2.75) is 63.1 Å². The van der Waals surface area contributed by atoms with Crippen LogP contribution in [0.25, 0.3) is 22.3 Å². The molecule has 0 spiro atoms. The molecule has 2 aromatic heterocycles. The Hall–Kier alpha value is -3.77. The van der Waals surface area contributed by atoms with Crippen molar-refractivity contribution in [2.75, 3.05) is 19.8 Å². The Kier molecular flexibility index (Phi) is 6.16. The fourth-order valence-electron chi connectivity index (χ4n) is 6.49. The molecular weight excluding hydrogens is 539 g/mol. The van der Waals surface area contributed by atoms with E-state index in [1.165, 1.54) is 9.80 Å². The van der Waals surface area contributed by atoms with Crippen LogP contribution in [0.5, 0.6) is 0 Å². The van der Waals surface area contributed by atoms with E-state index < -0.39 is 24.2 Å². The molecule has 0 aliphatic carbocycles. The van der Waals surface area contributed by atoms with Crippen molar-refractivity contribution in [1.29, 1.82) is 0 Å². The number of halogens is 3. The van der Waals surface area contributed by atoms with Gasteiger partial charge in [-0.2, -0.15) is 13.2 Å². The van der Waals surface area contributed by atoms with E-state index in [9.17, 15) is 27.6 Å². The summed E-state index contributed by atoms with van der Waals surface area (Å²) in [5, 5.41) is 3.12. The van der Waals surface area contributed by atoms with E-state index in [0.29, 0.717) is 43.1 Å². The predicted molar refractivity (Wildman–Crippen MR) is 141 cm³/mol. The third-order valence-electron chi connectivity index (χ3n) is 8.72. The Morgan fingerprint density at radius 2 is 1.90 bits per heavy atom. The normalized spacial score (nSPS) is 23.8. The van der Waals surface area contributed by atoms with Crippen LogP contribution in [0.15, 0.2) is 36.5 Å². The quantitative estimate of drug-likeness (QED) is 0.474. The molecule has 9 nitrogen and oxygen atoms in total. The van der Waals surface area contributed by atoms with Crippen LogP contribution in [0.4, 0.5) is 13.2 Å². The number of carbonyl (C=O) groups is 3. The number of pyridine rings is 1. The lowest BCUT2D eigenvalue weighted by atomic mass is 10.0. The van der Waals surface area contributed by atoms with Gasteiger partial charge in [0.15, 0.2) is 0 Å². The van der Waals surface area contributed by atoms with Crippen LogP contribution >= 0.6 is 0 Å². The van der Waals surface area contributed by atoms with Gasteiger partial charge in [-0.25, -0.2) is 4.98 Å². The fourth-order valence-corrected chi connectivity index (χ4v) is 6.49. The lowest BCUT2D eigenvalue weighted by Gasteiger charge is -2.29. The minimum absolute atomic E-state index is 0.0908. The average molecular weight is 568 g/mol. The van der Waals surface area contributed by atoms with E-state index in [4.69, 9.17) is 9.72 Å². The molecule has 2 unspecified atom stereocenters. The topological polar surface area (TPSA) is 96.8 Å². The summed E-state index contributed by atoms with van der Waals surface area (Å²) in [7, 11) is 0. The van der Waals surface area contributed by atoms with E-state index in [2.05, 4.69) is 5.32 Å². The van der Waals surface area contributed by atoms with Crippen molar-refractivity contribution in [3.63, 3.8) is 0 Å². The predicted octanol–water partition coefficient (Wildman–Crippen LogP) is 3.56. The van der Waals surface area contributed by atoms with E-state index in [1.807, 2.05) is 29.0 Å². The summed E-state index contributed by atoms with van der Waals surface area (Å²) in [6.45, 7) is 1.83. The van der Waals surface area contributed by atoms with Crippen molar-refractivity contribution in [1.82, 2.24) is 24.7 Å². The van der Waals surface area contributed by atoms with Crippen LogP contribution in [0.1, 0.15) is 53.2 Å². The molecule has 0 bridgehead atoms. The van der Waals surface area contributed by atoms with Crippen molar-refractivity contribution in [3.05, 3.63) is 53.2 Å². The second-order valence-corrected chi connectivity index (χ2v) is 11.3. The molecule has 3 amide bonds. The lowest BCUT2D eigenvalue weighted by Crippen LogP contribution is -2.52. The van der Waals surface area contributed by atoms with E-state index in [1.54, 1.807) is 12.1 Å². The van der Waals surface area contributed by atoms with Crippen LogP contribution in [-0.2, 0) is 27.4 Å². The highest BCUT2D eigenvalue weighted by molar-refractivity contribution is 6.05. The van der Waals surface area contributed by atoms with Crippen LogP contribution in [0.2, 0.25) is 0 Å². The Labute approximate surface area is 233 Å². The summed E-state index contributed by atoms with van der Waals surface area (Å²) in [5.74, 6) is -1.08. The Balaban J connectivity index is 1.25. The molecule has 3 fully saturated rings. The average Bonchev–Trinajstić information content (AvgIpc) is 3.61. The summed E-state index contributed by atoms with van der Waals surface area (Å²) in [4.78, 5) is 45.1. The number of amides is 3. The van der Waals surface area contributed by atoms with E-state index in [-0.39, 0.29) is 50.2 Å². The van der Waals surface area contributed by atoms with Gasteiger partial charge in [0.05, 0.1) is 24.9 Å². The molecular formula is C29H28F3N5O4. The zero-order chi connectivity index (χ0) is 28.5. The van der Waals surface area contributed by atoms with Crippen LogP contribution in [-0.4, -0.2) is 75.1 Å². The number of imide groups is 1. The Morgan fingerprint density at radius 1 is 1.07 bits per heavy atom. The molecule has 0 radical (unpaired) electrons. The van der Waals surface area contributed by atoms with Gasteiger partial charge in [0.25, 0.3) is 5.91 Å². The van der Waals surface area contributed by atoms with Gasteiger partial charge in [0.1, 0.15) is 17.7 Å². The molecule has 6 heterocycles. The molecule has 1 N–H and O–H groups in total. The number of nitrogens with zero attached hydrogens (tertiary/aromatic N) is 4. The highest BCUT2D eigenvalue weighted by Gasteiger charge is 2.46. The number of aromatic nitrogens is 2. The number of piperidine rings is 1. The number of carbonyl (C=O) groups excluding carboxylic acids is 3. The van der Waals surface area contributed by atoms with Crippen molar-refractivity contribution >= 4 is 28.8 Å². The van der Waals surface area contributed by atoms with Crippen molar-refractivity contribution in [3.8, 4) is 11.3 Å². The summed E-state index contributed by atoms with van der Waals surface area (Å²) < 4.78 is 48.7. The number of benzene rings is 1. The lowest BCUT2D eigenvalue weighted by molar-refractivity contribution is -0.177. The molecule has 1 aromatic carbocycles. The van der Waals surface area contributed by atoms with Gasteiger partial charge < -0.3 is 14.2 Å². The molecule has 214 valence electrons. The number of ether oxygens (including phenoxy) is 1. The number of likely N-dealkylation sites (tertiary alicyclic amines) is 1. The van der Waals surface area contributed by atoms with E-state index in [0.717, 1.165) is 22.1 Å². The standard InChI is InChI=1S/C29H28F3N5O4/c30-29(31,32)24-2-1-8-35(24)12-18-11-22(33-26-20(18)7-9-36(26)19-14-41-15-19)16-3-4-21-17(10-16)13-37(28(21)40)23-5-6-25(38)34-27(23)39/h3-4,7,9-11,19,23-24H,1-2,5-6,8,12-15H2,(H,34,38,39).